The van der Waals surface area contributed by atoms with Gasteiger partial charge in [0.05, 0.1) is 6.10 Å². The topological polar surface area (TPSA) is 55.8 Å². The molecule has 0 aromatic rings. The standard InChI is InChI=1S/C17H33N3O2/c1-13-10-16(4-7-18-13)17(22)19(3)12-15-5-8-20(9-6-15)11-14(2)21/h13-16,18,21H,4-12H2,1-3H3/t13-,14?,16-/m0/s1. The van der Waals surface area contributed by atoms with Gasteiger partial charge in [-0.05, 0) is 65.1 Å². The zero-order valence-electron chi connectivity index (χ0n) is 14.4. The molecular formula is C17H33N3O2. The average Bonchev–Trinajstić information content (AvgIpc) is 2.48. The van der Waals surface area contributed by atoms with Crippen LogP contribution in [0.15, 0.2) is 0 Å². The first kappa shape index (κ1) is 17.7. The maximum Gasteiger partial charge on any atom is 0.225 e. The number of rotatable bonds is 5. The highest BCUT2D eigenvalue weighted by molar-refractivity contribution is 5.78. The molecule has 2 rings (SSSR count). The summed E-state index contributed by atoms with van der Waals surface area (Å²) in [5.41, 5.74) is 0. The van der Waals surface area contributed by atoms with E-state index in [1.165, 1.54) is 0 Å². The fraction of sp³-hybridized carbons (Fsp3) is 0.941. The van der Waals surface area contributed by atoms with Crippen LogP contribution in [-0.2, 0) is 4.79 Å². The van der Waals surface area contributed by atoms with Crippen molar-refractivity contribution in [1.29, 1.82) is 0 Å². The first-order chi connectivity index (χ1) is 10.5. The van der Waals surface area contributed by atoms with Crippen LogP contribution in [-0.4, -0.2) is 72.7 Å². The number of aliphatic hydroxyl groups excluding tert-OH is 1. The molecule has 0 aromatic carbocycles. The molecule has 1 amide bonds. The Bertz CT molecular complexity index is 354. The summed E-state index contributed by atoms with van der Waals surface area (Å²) in [4.78, 5) is 16.9. The van der Waals surface area contributed by atoms with Gasteiger partial charge in [0.25, 0.3) is 0 Å². The van der Waals surface area contributed by atoms with Gasteiger partial charge in [0.2, 0.25) is 5.91 Å². The Morgan fingerprint density at radius 3 is 2.64 bits per heavy atom. The lowest BCUT2D eigenvalue weighted by Crippen LogP contribution is -2.45. The van der Waals surface area contributed by atoms with Gasteiger partial charge < -0.3 is 20.2 Å². The predicted octanol–water partition coefficient (Wildman–Crippen LogP) is 0.926. The first-order valence-corrected chi connectivity index (χ1v) is 8.84. The van der Waals surface area contributed by atoms with E-state index >= 15 is 0 Å². The first-order valence-electron chi connectivity index (χ1n) is 8.84. The molecule has 2 aliphatic rings. The van der Waals surface area contributed by atoms with Gasteiger partial charge in [0.1, 0.15) is 0 Å². The molecule has 0 bridgehead atoms. The second kappa shape index (κ2) is 8.27. The van der Waals surface area contributed by atoms with Crippen molar-refractivity contribution in [2.45, 2.75) is 51.7 Å². The third kappa shape index (κ3) is 5.21. The highest BCUT2D eigenvalue weighted by atomic mass is 16.3. The third-order valence-corrected chi connectivity index (χ3v) is 5.11. The van der Waals surface area contributed by atoms with E-state index < -0.39 is 0 Å². The molecule has 0 radical (unpaired) electrons. The minimum atomic E-state index is -0.247. The Labute approximate surface area is 135 Å². The number of nitrogens with one attached hydrogen (secondary N) is 1. The molecule has 1 unspecified atom stereocenters. The van der Waals surface area contributed by atoms with E-state index in [1.807, 2.05) is 18.9 Å². The van der Waals surface area contributed by atoms with Crippen LogP contribution in [0.2, 0.25) is 0 Å². The highest BCUT2D eigenvalue weighted by Crippen LogP contribution is 2.22. The molecule has 0 aromatic heterocycles. The van der Waals surface area contributed by atoms with Crippen molar-refractivity contribution in [2.75, 3.05) is 39.8 Å². The number of β-amino-alcohol motifs (C(OH)–C–C–N with tert-alkyl or cyclic N) is 1. The van der Waals surface area contributed by atoms with Crippen molar-refractivity contribution in [3.63, 3.8) is 0 Å². The Kier molecular flexibility index (Phi) is 6.66. The number of likely N-dealkylation sites (tertiary alicyclic amines) is 1. The quantitative estimate of drug-likeness (QED) is 0.793. The Morgan fingerprint density at radius 1 is 1.36 bits per heavy atom. The van der Waals surface area contributed by atoms with E-state index in [1.54, 1.807) is 0 Å². The van der Waals surface area contributed by atoms with E-state index in [0.717, 1.165) is 58.4 Å². The summed E-state index contributed by atoms with van der Waals surface area (Å²) in [5.74, 6) is 1.15. The lowest BCUT2D eigenvalue weighted by atomic mass is 9.91. The normalized spacial score (nSPS) is 29.3. The molecular weight excluding hydrogens is 278 g/mol. The smallest absolute Gasteiger partial charge is 0.225 e. The molecule has 22 heavy (non-hydrogen) atoms. The zero-order valence-corrected chi connectivity index (χ0v) is 14.4. The second-order valence-electron chi connectivity index (χ2n) is 7.39. The average molecular weight is 311 g/mol. The maximum absolute atomic E-state index is 12.6. The van der Waals surface area contributed by atoms with Crippen LogP contribution in [0.3, 0.4) is 0 Å². The number of carbonyl (C=O) groups excluding carboxylic acids is 1. The predicted molar refractivity (Wildman–Crippen MR) is 88.7 cm³/mol. The van der Waals surface area contributed by atoms with Crippen molar-refractivity contribution in [3.8, 4) is 0 Å². The van der Waals surface area contributed by atoms with Crippen molar-refractivity contribution >= 4 is 5.91 Å². The molecule has 2 fully saturated rings. The van der Waals surface area contributed by atoms with Crippen molar-refractivity contribution < 1.29 is 9.90 Å². The lowest BCUT2D eigenvalue weighted by Gasteiger charge is -2.36. The van der Waals surface area contributed by atoms with Crippen molar-refractivity contribution in [1.82, 2.24) is 15.1 Å². The van der Waals surface area contributed by atoms with Crippen LogP contribution < -0.4 is 5.32 Å². The van der Waals surface area contributed by atoms with Crippen LogP contribution in [0.25, 0.3) is 0 Å². The van der Waals surface area contributed by atoms with Crippen LogP contribution in [0.1, 0.15) is 39.5 Å². The van der Waals surface area contributed by atoms with E-state index in [4.69, 9.17) is 0 Å². The third-order valence-electron chi connectivity index (χ3n) is 5.11. The number of carbonyl (C=O) groups is 1. The van der Waals surface area contributed by atoms with Gasteiger partial charge in [0.15, 0.2) is 0 Å². The Balaban J connectivity index is 1.73. The molecule has 3 atom stereocenters. The van der Waals surface area contributed by atoms with Gasteiger partial charge in [-0.15, -0.1) is 0 Å². The summed E-state index contributed by atoms with van der Waals surface area (Å²) < 4.78 is 0. The summed E-state index contributed by atoms with van der Waals surface area (Å²) in [7, 11) is 1.97. The largest absolute Gasteiger partial charge is 0.392 e. The van der Waals surface area contributed by atoms with Gasteiger partial charge in [-0.2, -0.15) is 0 Å². The summed E-state index contributed by atoms with van der Waals surface area (Å²) >= 11 is 0. The number of amides is 1. The van der Waals surface area contributed by atoms with Gasteiger partial charge >= 0.3 is 0 Å². The minimum absolute atomic E-state index is 0.205. The van der Waals surface area contributed by atoms with E-state index in [0.29, 0.717) is 17.9 Å². The SMILES string of the molecule is CC(O)CN1CCC(CN(C)C(=O)[C@H]2CCN[C@@H](C)C2)CC1. The van der Waals surface area contributed by atoms with Crippen LogP contribution >= 0.6 is 0 Å². The lowest BCUT2D eigenvalue weighted by molar-refractivity contribution is -0.136. The Hall–Kier alpha value is -0.650. The molecule has 0 saturated carbocycles. The fourth-order valence-corrected chi connectivity index (χ4v) is 3.87. The molecule has 2 heterocycles. The number of piperidine rings is 2. The molecule has 0 aliphatic carbocycles. The molecule has 2 N–H and O–H groups in total. The molecule has 5 heteroatoms. The van der Waals surface area contributed by atoms with Gasteiger partial charge in [0, 0.05) is 32.1 Å². The molecule has 0 spiro atoms. The van der Waals surface area contributed by atoms with Gasteiger partial charge in [-0.1, -0.05) is 0 Å². The second-order valence-corrected chi connectivity index (χ2v) is 7.39. The van der Waals surface area contributed by atoms with Crippen molar-refractivity contribution in [2.24, 2.45) is 11.8 Å². The van der Waals surface area contributed by atoms with E-state index in [9.17, 15) is 9.90 Å². The van der Waals surface area contributed by atoms with Crippen molar-refractivity contribution in [3.05, 3.63) is 0 Å². The highest BCUT2D eigenvalue weighted by Gasteiger charge is 2.29. The minimum Gasteiger partial charge on any atom is -0.392 e. The molecule has 5 nitrogen and oxygen atoms in total. The number of aliphatic hydroxyl groups is 1. The van der Waals surface area contributed by atoms with Gasteiger partial charge in [-0.3, -0.25) is 4.79 Å². The van der Waals surface area contributed by atoms with E-state index in [2.05, 4.69) is 17.1 Å². The summed E-state index contributed by atoms with van der Waals surface area (Å²) in [6, 6.07) is 0.458. The Morgan fingerprint density at radius 2 is 2.05 bits per heavy atom. The summed E-state index contributed by atoms with van der Waals surface area (Å²) in [5, 5.41) is 12.9. The van der Waals surface area contributed by atoms with Crippen LogP contribution in [0.4, 0.5) is 0 Å². The molecule has 128 valence electrons. The van der Waals surface area contributed by atoms with Crippen LogP contribution in [0.5, 0.6) is 0 Å². The maximum atomic E-state index is 12.6. The number of nitrogens with zero attached hydrogens (tertiary/aromatic N) is 2. The van der Waals surface area contributed by atoms with E-state index in [-0.39, 0.29) is 12.0 Å². The van der Waals surface area contributed by atoms with Crippen LogP contribution in [0, 0.1) is 11.8 Å². The molecule has 2 saturated heterocycles. The monoisotopic (exact) mass is 311 g/mol. The fourth-order valence-electron chi connectivity index (χ4n) is 3.87. The zero-order chi connectivity index (χ0) is 16.1. The summed E-state index contributed by atoms with van der Waals surface area (Å²) in [6.07, 6.45) is 3.96. The number of hydrogen-bond donors (Lipinski definition) is 2. The molecule has 2 aliphatic heterocycles. The van der Waals surface area contributed by atoms with Gasteiger partial charge in [-0.25, -0.2) is 0 Å². The number of hydrogen-bond acceptors (Lipinski definition) is 4. The summed E-state index contributed by atoms with van der Waals surface area (Å²) in [6.45, 7) is 8.72.